The van der Waals surface area contributed by atoms with Crippen molar-refractivity contribution in [2.45, 2.75) is 0 Å². The summed E-state index contributed by atoms with van der Waals surface area (Å²) in [6.07, 6.45) is 0. The van der Waals surface area contributed by atoms with Crippen LogP contribution in [0.4, 0.5) is 11.4 Å². The van der Waals surface area contributed by atoms with Crippen LogP contribution in [0.2, 0.25) is 0 Å². The smallest absolute Gasteiger partial charge is 0.270 e. The van der Waals surface area contributed by atoms with Gasteiger partial charge in [-0.15, -0.1) is 0 Å². The first kappa shape index (κ1) is 16.1. The highest BCUT2D eigenvalue weighted by Gasteiger charge is 2.14. The molecule has 0 aromatic heterocycles. The molecule has 0 aliphatic carbocycles. The summed E-state index contributed by atoms with van der Waals surface area (Å²) in [6.45, 7) is 0. The Kier molecular flexibility index (Phi) is 5.13. The van der Waals surface area contributed by atoms with Crippen LogP contribution in [0, 0.1) is 10.1 Å². The highest BCUT2D eigenvalue weighted by molar-refractivity contribution is 9.11. The maximum absolute atomic E-state index is 12.2. The van der Waals surface area contributed by atoms with E-state index >= 15 is 0 Å². The monoisotopic (exact) mass is 476 g/mol. The van der Waals surface area contributed by atoms with E-state index in [2.05, 4.69) is 53.1 Å². The molecule has 8 heteroatoms. The number of nitrogens with zero attached hydrogens (tertiary/aromatic N) is 1. The van der Waals surface area contributed by atoms with E-state index in [0.717, 1.165) is 4.47 Å². The lowest BCUT2D eigenvalue weighted by atomic mass is 10.2. The summed E-state index contributed by atoms with van der Waals surface area (Å²) < 4.78 is 1.94. The van der Waals surface area contributed by atoms with Crippen LogP contribution in [-0.4, -0.2) is 10.8 Å². The topological polar surface area (TPSA) is 72.2 Å². The van der Waals surface area contributed by atoms with Gasteiger partial charge in [-0.1, -0.05) is 15.9 Å². The zero-order valence-corrected chi connectivity index (χ0v) is 15.0. The van der Waals surface area contributed by atoms with Gasteiger partial charge in [0.15, 0.2) is 0 Å². The van der Waals surface area contributed by atoms with Crippen molar-refractivity contribution < 1.29 is 9.72 Å². The third kappa shape index (κ3) is 3.90. The molecule has 0 aliphatic rings. The molecular weight excluding hydrogens is 472 g/mol. The third-order valence-electron chi connectivity index (χ3n) is 2.59. The number of non-ortho nitro benzene ring substituents is 1. The molecule has 2 aromatic carbocycles. The van der Waals surface area contributed by atoms with Crippen LogP contribution < -0.4 is 5.32 Å². The SMILES string of the molecule is O=C(Nc1ccc([N+](=O)[O-])cc1Br)c1ccc(Br)cc1Br. The zero-order chi connectivity index (χ0) is 15.6. The molecule has 2 aromatic rings. The Morgan fingerprint density at radius 1 is 1.05 bits per heavy atom. The average molecular weight is 479 g/mol. The van der Waals surface area contributed by atoms with Crippen molar-refractivity contribution in [3.8, 4) is 0 Å². The molecule has 1 N–H and O–H groups in total. The Bertz CT molecular complexity index is 735. The Labute approximate surface area is 145 Å². The molecule has 0 spiro atoms. The van der Waals surface area contributed by atoms with E-state index in [1.54, 1.807) is 18.2 Å². The second kappa shape index (κ2) is 6.67. The fourth-order valence-electron chi connectivity index (χ4n) is 1.58. The highest BCUT2D eigenvalue weighted by Crippen LogP contribution is 2.28. The van der Waals surface area contributed by atoms with Gasteiger partial charge < -0.3 is 5.32 Å². The molecule has 0 heterocycles. The van der Waals surface area contributed by atoms with E-state index < -0.39 is 4.92 Å². The number of carbonyl (C=O) groups is 1. The summed E-state index contributed by atoms with van der Waals surface area (Å²) in [5.74, 6) is -0.316. The van der Waals surface area contributed by atoms with Gasteiger partial charge >= 0.3 is 0 Å². The molecule has 0 bridgehead atoms. The summed E-state index contributed by atoms with van der Waals surface area (Å²) in [6, 6.07) is 9.34. The lowest BCUT2D eigenvalue weighted by Crippen LogP contribution is -2.13. The van der Waals surface area contributed by atoms with Crippen molar-refractivity contribution in [2.24, 2.45) is 0 Å². The molecule has 0 saturated heterocycles. The first-order chi connectivity index (χ1) is 9.88. The lowest BCUT2D eigenvalue weighted by Gasteiger charge is -2.09. The van der Waals surface area contributed by atoms with Gasteiger partial charge in [0.2, 0.25) is 0 Å². The summed E-state index contributed by atoms with van der Waals surface area (Å²) in [5, 5.41) is 13.4. The largest absolute Gasteiger partial charge is 0.321 e. The highest BCUT2D eigenvalue weighted by atomic mass is 79.9. The number of nitro groups is 1. The fourth-order valence-corrected chi connectivity index (χ4v) is 3.28. The maximum atomic E-state index is 12.2. The van der Waals surface area contributed by atoms with Gasteiger partial charge in [0, 0.05) is 25.6 Å². The first-order valence-corrected chi connectivity index (χ1v) is 7.96. The molecule has 0 atom stereocenters. The van der Waals surface area contributed by atoms with Crippen LogP contribution in [0.25, 0.3) is 0 Å². The van der Waals surface area contributed by atoms with Crippen LogP contribution in [0.3, 0.4) is 0 Å². The van der Waals surface area contributed by atoms with Gasteiger partial charge in [-0.3, -0.25) is 14.9 Å². The number of anilines is 1. The summed E-state index contributed by atoms with van der Waals surface area (Å²) in [4.78, 5) is 22.4. The number of halogens is 3. The number of carbonyl (C=O) groups excluding carboxylic acids is 1. The summed E-state index contributed by atoms with van der Waals surface area (Å²) >= 11 is 9.84. The second-order valence-corrected chi connectivity index (χ2v) is 6.62. The van der Waals surface area contributed by atoms with Crippen LogP contribution in [0.1, 0.15) is 10.4 Å². The molecule has 5 nitrogen and oxygen atoms in total. The normalized spacial score (nSPS) is 10.2. The van der Waals surface area contributed by atoms with Crippen molar-refractivity contribution in [3.05, 3.63) is 65.5 Å². The minimum absolute atomic E-state index is 0.0512. The number of benzene rings is 2. The Hall–Kier alpha value is -1.25. The average Bonchev–Trinajstić information content (AvgIpc) is 2.40. The number of rotatable bonds is 3. The molecule has 0 aliphatic heterocycles. The standard InChI is InChI=1S/C13H7Br3N2O3/c14-7-1-3-9(10(15)5-7)13(19)17-12-4-2-8(18(20)21)6-11(12)16/h1-6H,(H,17,19). The van der Waals surface area contributed by atoms with Gasteiger partial charge in [-0.25, -0.2) is 0 Å². The zero-order valence-electron chi connectivity index (χ0n) is 10.3. The number of hydrogen-bond donors (Lipinski definition) is 1. The Balaban J connectivity index is 2.25. The third-order valence-corrected chi connectivity index (χ3v) is 4.39. The molecule has 108 valence electrons. The molecular formula is C13H7Br3N2O3. The van der Waals surface area contributed by atoms with Gasteiger partial charge in [0.1, 0.15) is 0 Å². The Morgan fingerprint density at radius 3 is 2.33 bits per heavy atom. The van der Waals surface area contributed by atoms with E-state index in [4.69, 9.17) is 0 Å². The van der Waals surface area contributed by atoms with Crippen molar-refractivity contribution >= 4 is 65.1 Å². The van der Waals surface area contributed by atoms with E-state index in [1.807, 2.05) is 0 Å². The van der Waals surface area contributed by atoms with Crippen molar-refractivity contribution in [3.63, 3.8) is 0 Å². The summed E-state index contributed by atoms with van der Waals surface area (Å²) in [7, 11) is 0. The van der Waals surface area contributed by atoms with Crippen molar-refractivity contribution in [2.75, 3.05) is 5.32 Å². The molecule has 1 amide bonds. The van der Waals surface area contributed by atoms with Crippen molar-refractivity contribution in [1.29, 1.82) is 0 Å². The number of nitrogens with one attached hydrogen (secondary N) is 1. The van der Waals surface area contributed by atoms with Gasteiger partial charge in [0.05, 0.1) is 16.2 Å². The molecule has 0 fully saturated rings. The molecule has 0 saturated carbocycles. The molecule has 0 radical (unpaired) electrons. The van der Waals surface area contributed by atoms with E-state index in [1.165, 1.54) is 18.2 Å². The van der Waals surface area contributed by atoms with Crippen molar-refractivity contribution in [1.82, 2.24) is 0 Å². The van der Waals surface area contributed by atoms with E-state index in [9.17, 15) is 14.9 Å². The molecule has 2 rings (SSSR count). The second-order valence-electron chi connectivity index (χ2n) is 4.00. The molecule has 21 heavy (non-hydrogen) atoms. The number of nitro benzene ring substituents is 1. The van der Waals surface area contributed by atoms with Gasteiger partial charge in [-0.05, 0) is 56.1 Å². The van der Waals surface area contributed by atoms with Gasteiger partial charge in [-0.2, -0.15) is 0 Å². The van der Waals surface area contributed by atoms with Crippen LogP contribution in [-0.2, 0) is 0 Å². The predicted molar refractivity (Wildman–Crippen MR) is 90.6 cm³/mol. The van der Waals surface area contributed by atoms with E-state index in [0.29, 0.717) is 20.2 Å². The minimum atomic E-state index is -0.498. The van der Waals surface area contributed by atoms with Crippen LogP contribution in [0.15, 0.2) is 49.8 Å². The lowest BCUT2D eigenvalue weighted by molar-refractivity contribution is -0.384. The van der Waals surface area contributed by atoms with E-state index in [-0.39, 0.29) is 11.6 Å². The summed E-state index contributed by atoms with van der Waals surface area (Å²) in [5.41, 5.74) is 0.869. The number of hydrogen-bond acceptors (Lipinski definition) is 3. The van der Waals surface area contributed by atoms with Crippen LogP contribution in [0.5, 0.6) is 0 Å². The predicted octanol–water partition coefficient (Wildman–Crippen LogP) is 5.13. The maximum Gasteiger partial charge on any atom is 0.270 e. The minimum Gasteiger partial charge on any atom is -0.321 e. The molecule has 0 unspecified atom stereocenters. The quantitative estimate of drug-likeness (QED) is 0.490. The first-order valence-electron chi connectivity index (χ1n) is 5.59. The number of amides is 1. The van der Waals surface area contributed by atoms with Crippen LogP contribution >= 0.6 is 47.8 Å². The Morgan fingerprint density at radius 2 is 1.76 bits per heavy atom. The van der Waals surface area contributed by atoms with Gasteiger partial charge in [0.25, 0.3) is 11.6 Å². The fraction of sp³-hybridized carbons (Fsp3) is 0.